The Morgan fingerprint density at radius 3 is 2.57 bits per heavy atom. The standard InChI is InChI=1S/C9H9BrClNO2/c1-7(12(10)11)9(13)14-8-5-3-2-4-6-8/h2-7H,1H3. The lowest BCUT2D eigenvalue weighted by Gasteiger charge is -2.13. The van der Waals surface area contributed by atoms with Gasteiger partial charge in [-0.3, -0.25) is 0 Å². The van der Waals surface area contributed by atoms with Crippen molar-refractivity contribution in [1.29, 1.82) is 0 Å². The van der Waals surface area contributed by atoms with Crippen molar-refractivity contribution in [3.05, 3.63) is 30.3 Å². The quantitative estimate of drug-likeness (QED) is 0.484. The number of benzene rings is 1. The predicted molar refractivity (Wildman–Crippen MR) is 58.2 cm³/mol. The van der Waals surface area contributed by atoms with Crippen LogP contribution >= 0.6 is 27.9 Å². The molecule has 3 nitrogen and oxygen atoms in total. The molecule has 0 heterocycles. The van der Waals surface area contributed by atoms with Gasteiger partial charge >= 0.3 is 5.97 Å². The maximum atomic E-state index is 11.4. The summed E-state index contributed by atoms with van der Waals surface area (Å²) in [5.41, 5.74) is 0. The Bertz CT molecular complexity index is 305. The van der Waals surface area contributed by atoms with Crippen LogP contribution in [0.2, 0.25) is 0 Å². The summed E-state index contributed by atoms with van der Waals surface area (Å²) in [5.74, 6) is 0.0958. The maximum absolute atomic E-state index is 11.4. The summed E-state index contributed by atoms with van der Waals surface area (Å²) in [6.07, 6.45) is 0. The molecular weight excluding hydrogens is 269 g/mol. The molecule has 0 aliphatic heterocycles. The highest BCUT2D eigenvalue weighted by molar-refractivity contribution is 9.08. The van der Waals surface area contributed by atoms with E-state index in [1.807, 2.05) is 6.07 Å². The van der Waals surface area contributed by atoms with Crippen molar-refractivity contribution in [3.8, 4) is 5.75 Å². The number of rotatable bonds is 3. The largest absolute Gasteiger partial charge is 0.425 e. The minimum absolute atomic E-state index is 0.414. The Labute approximate surface area is 96.1 Å². The average molecular weight is 279 g/mol. The number of nitrogens with zero attached hydrogens (tertiary/aromatic N) is 1. The van der Waals surface area contributed by atoms with Gasteiger partial charge in [-0.15, -0.1) is 3.45 Å². The second kappa shape index (κ2) is 5.34. The molecule has 1 atom stereocenters. The van der Waals surface area contributed by atoms with Gasteiger partial charge in [0.1, 0.15) is 11.8 Å². The van der Waals surface area contributed by atoms with E-state index < -0.39 is 12.0 Å². The average Bonchev–Trinajstić information content (AvgIpc) is 2.18. The summed E-state index contributed by atoms with van der Waals surface area (Å²) < 4.78 is 6.14. The Balaban J connectivity index is 2.58. The third-order valence-corrected chi connectivity index (χ3v) is 2.50. The molecule has 0 saturated carbocycles. The van der Waals surface area contributed by atoms with E-state index >= 15 is 0 Å². The van der Waals surface area contributed by atoms with Gasteiger partial charge in [0.2, 0.25) is 0 Å². The Hall–Kier alpha value is -0.580. The number of esters is 1. The lowest BCUT2D eigenvalue weighted by atomic mass is 10.3. The van der Waals surface area contributed by atoms with E-state index in [0.717, 1.165) is 3.45 Å². The number of carbonyl (C=O) groups is 1. The molecule has 76 valence electrons. The number of halogens is 2. The summed E-state index contributed by atoms with van der Waals surface area (Å²) in [5, 5.41) is 0. The Morgan fingerprint density at radius 2 is 2.07 bits per heavy atom. The van der Waals surface area contributed by atoms with Gasteiger partial charge in [-0.1, -0.05) is 18.2 Å². The molecule has 0 fully saturated rings. The summed E-state index contributed by atoms with van der Waals surface area (Å²) in [4.78, 5) is 11.4. The lowest BCUT2D eigenvalue weighted by Crippen LogP contribution is -2.29. The van der Waals surface area contributed by atoms with Gasteiger partial charge in [0.25, 0.3) is 0 Å². The fourth-order valence-corrected chi connectivity index (χ4v) is 1.02. The minimum Gasteiger partial charge on any atom is -0.425 e. The van der Waals surface area contributed by atoms with Gasteiger partial charge in [-0.05, 0) is 30.8 Å². The monoisotopic (exact) mass is 277 g/mol. The molecule has 1 aromatic carbocycles. The first kappa shape index (κ1) is 11.5. The molecule has 14 heavy (non-hydrogen) atoms. The highest BCUT2D eigenvalue weighted by Gasteiger charge is 2.19. The summed E-state index contributed by atoms with van der Waals surface area (Å²) in [6, 6.07) is 8.30. The normalized spacial score (nSPS) is 12.6. The Morgan fingerprint density at radius 1 is 1.50 bits per heavy atom. The molecule has 0 N–H and O–H groups in total. The van der Waals surface area contributed by atoms with E-state index in [2.05, 4.69) is 16.1 Å². The van der Waals surface area contributed by atoms with Crippen molar-refractivity contribution in [2.45, 2.75) is 13.0 Å². The maximum Gasteiger partial charge on any atom is 0.330 e. The molecule has 0 spiro atoms. The van der Waals surface area contributed by atoms with E-state index in [1.54, 1.807) is 31.2 Å². The van der Waals surface area contributed by atoms with Crippen LogP contribution in [0.15, 0.2) is 30.3 Å². The van der Waals surface area contributed by atoms with Crippen molar-refractivity contribution in [1.82, 2.24) is 3.45 Å². The van der Waals surface area contributed by atoms with Crippen LogP contribution in [0.25, 0.3) is 0 Å². The zero-order valence-electron chi connectivity index (χ0n) is 7.48. The van der Waals surface area contributed by atoms with Crippen molar-refractivity contribution < 1.29 is 9.53 Å². The van der Waals surface area contributed by atoms with E-state index in [-0.39, 0.29) is 0 Å². The molecule has 0 amide bonds. The van der Waals surface area contributed by atoms with Crippen LogP contribution in [0, 0.1) is 0 Å². The zero-order chi connectivity index (χ0) is 10.6. The molecule has 0 saturated heterocycles. The molecular formula is C9H9BrClNO2. The van der Waals surface area contributed by atoms with Gasteiger partial charge in [-0.25, -0.2) is 4.79 Å². The molecule has 0 aliphatic carbocycles. The third-order valence-electron chi connectivity index (χ3n) is 1.60. The van der Waals surface area contributed by atoms with Crippen molar-refractivity contribution >= 4 is 33.9 Å². The van der Waals surface area contributed by atoms with Crippen LogP contribution in [0.4, 0.5) is 0 Å². The first-order valence-electron chi connectivity index (χ1n) is 3.99. The fraction of sp³-hybridized carbons (Fsp3) is 0.222. The van der Waals surface area contributed by atoms with Crippen molar-refractivity contribution in [2.75, 3.05) is 0 Å². The molecule has 0 radical (unpaired) electrons. The number of ether oxygens (including phenoxy) is 1. The second-order valence-electron chi connectivity index (χ2n) is 2.67. The number of para-hydroxylation sites is 1. The molecule has 0 aliphatic rings. The topological polar surface area (TPSA) is 29.5 Å². The van der Waals surface area contributed by atoms with Gasteiger partial charge in [0, 0.05) is 16.1 Å². The van der Waals surface area contributed by atoms with Gasteiger partial charge in [0.15, 0.2) is 0 Å². The van der Waals surface area contributed by atoms with Crippen LogP contribution in [-0.4, -0.2) is 15.5 Å². The van der Waals surface area contributed by atoms with Crippen LogP contribution in [0.5, 0.6) is 5.75 Å². The first-order chi connectivity index (χ1) is 6.61. The lowest BCUT2D eigenvalue weighted by molar-refractivity contribution is -0.136. The molecule has 1 unspecified atom stereocenters. The second-order valence-corrected chi connectivity index (χ2v) is 4.21. The van der Waals surface area contributed by atoms with E-state index in [4.69, 9.17) is 16.5 Å². The number of hydrogen-bond donors (Lipinski definition) is 0. The van der Waals surface area contributed by atoms with E-state index in [0.29, 0.717) is 5.75 Å². The summed E-state index contributed by atoms with van der Waals surface area (Å²) >= 11 is 8.49. The number of hydrogen-bond acceptors (Lipinski definition) is 3. The van der Waals surface area contributed by atoms with Crippen LogP contribution in [0.1, 0.15) is 6.92 Å². The van der Waals surface area contributed by atoms with Crippen molar-refractivity contribution in [3.63, 3.8) is 0 Å². The molecule has 5 heteroatoms. The highest BCUT2D eigenvalue weighted by atomic mass is 79.9. The zero-order valence-corrected chi connectivity index (χ0v) is 9.83. The van der Waals surface area contributed by atoms with E-state index in [1.165, 1.54) is 0 Å². The third kappa shape index (κ3) is 3.29. The predicted octanol–water partition coefficient (Wildman–Crippen LogP) is 2.75. The molecule has 1 rings (SSSR count). The Kier molecular flexibility index (Phi) is 4.38. The fourth-order valence-electron chi connectivity index (χ4n) is 0.770. The van der Waals surface area contributed by atoms with Gasteiger partial charge in [0.05, 0.1) is 0 Å². The van der Waals surface area contributed by atoms with Gasteiger partial charge < -0.3 is 4.74 Å². The summed E-state index contributed by atoms with van der Waals surface area (Å²) in [7, 11) is 0. The molecule has 1 aromatic rings. The number of carbonyl (C=O) groups excluding carboxylic acids is 1. The van der Waals surface area contributed by atoms with E-state index in [9.17, 15) is 4.79 Å². The van der Waals surface area contributed by atoms with Crippen LogP contribution < -0.4 is 4.74 Å². The molecule has 0 bridgehead atoms. The first-order valence-corrected chi connectivity index (χ1v) is 5.03. The summed E-state index contributed by atoms with van der Waals surface area (Å²) in [6.45, 7) is 1.63. The van der Waals surface area contributed by atoms with Crippen LogP contribution in [0.3, 0.4) is 0 Å². The smallest absolute Gasteiger partial charge is 0.330 e. The van der Waals surface area contributed by atoms with Gasteiger partial charge in [-0.2, -0.15) is 0 Å². The highest BCUT2D eigenvalue weighted by Crippen LogP contribution is 2.14. The van der Waals surface area contributed by atoms with Crippen LogP contribution in [-0.2, 0) is 4.79 Å². The SMILES string of the molecule is CC(C(=O)Oc1ccccc1)N(Cl)Br. The molecule has 0 aromatic heterocycles. The van der Waals surface area contributed by atoms with Crippen molar-refractivity contribution in [2.24, 2.45) is 0 Å². The minimum atomic E-state index is -0.545.